The van der Waals surface area contributed by atoms with E-state index in [1.54, 1.807) is 6.92 Å². The summed E-state index contributed by atoms with van der Waals surface area (Å²) < 4.78 is 69.8. The Kier molecular flexibility index (Phi) is 50.7. The molecule has 0 unspecified atom stereocenters. The molecule has 0 N–H and O–H groups in total. The Balaban J connectivity index is -0.000000570. The molecule has 0 amide bonds. The molecule has 0 aromatic rings. The van der Waals surface area contributed by atoms with Crippen molar-refractivity contribution in [3.8, 4) is 0 Å². The van der Waals surface area contributed by atoms with E-state index in [2.05, 4.69) is 72.7 Å². The van der Waals surface area contributed by atoms with Crippen LogP contribution in [0.25, 0.3) is 0 Å². The third-order valence-corrected chi connectivity index (χ3v) is 11.8. The van der Waals surface area contributed by atoms with Gasteiger partial charge in [-0.15, -0.1) is 0 Å². The van der Waals surface area contributed by atoms with Crippen molar-refractivity contribution in [2.45, 2.75) is 86.5 Å². The normalized spacial score (nSPS) is 10.3. The lowest BCUT2D eigenvalue weighted by Gasteiger charge is -2.32. The lowest BCUT2D eigenvalue weighted by molar-refractivity contribution is -0.169. The molecule has 0 aromatic heterocycles. The van der Waals surface area contributed by atoms with Gasteiger partial charge in [-0.2, -0.15) is 0 Å². The summed E-state index contributed by atoms with van der Waals surface area (Å²) in [7, 11) is 0. The topological polar surface area (TPSA) is 368 Å². The van der Waals surface area contributed by atoms with Gasteiger partial charge in [0.1, 0.15) is 103 Å². The second kappa shape index (κ2) is 52.7. The molecular weight excluding hydrogens is 1230 g/mol. The first-order valence-electron chi connectivity index (χ1n) is 28.3. The quantitative estimate of drug-likeness (QED) is 0.0283. The molecule has 0 rings (SSSR count). The maximum atomic E-state index is 11.5. The number of rotatable bonds is 45. The van der Waals surface area contributed by atoms with Gasteiger partial charge in [-0.1, -0.05) is 112 Å². The highest BCUT2D eigenvalue weighted by molar-refractivity contribution is 5.85. The predicted octanol–water partition coefficient (Wildman–Crippen LogP) is 6.21. The lowest BCUT2D eigenvalue weighted by Crippen LogP contribution is -2.43. The Morgan fingerprint density at radius 3 is 0.559 bits per heavy atom. The number of hydrogen-bond acceptors (Lipinski definition) is 28. The molecule has 0 atom stereocenters. The van der Waals surface area contributed by atoms with Gasteiger partial charge in [-0.05, 0) is 12.8 Å². The lowest BCUT2D eigenvalue weighted by atomic mass is 9.84. The molecule has 28 nitrogen and oxygen atoms in total. The van der Waals surface area contributed by atoms with E-state index in [1.807, 2.05) is 0 Å². The first-order chi connectivity index (χ1) is 43.8. The highest BCUT2D eigenvalue weighted by Gasteiger charge is 2.39. The molecule has 0 aliphatic heterocycles. The van der Waals surface area contributed by atoms with E-state index in [-0.39, 0.29) is 92.5 Å². The Morgan fingerprint density at radius 1 is 0.237 bits per heavy atom. The minimum absolute atomic E-state index is 0.0551. The fraction of sp³-hybridized carbons (Fsp3) is 0.477. The zero-order chi connectivity index (χ0) is 71.9. The fourth-order valence-corrected chi connectivity index (χ4v) is 6.23. The van der Waals surface area contributed by atoms with Gasteiger partial charge in [0.25, 0.3) is 0 Å². The van der Waals surface area contributed by atoms with Crippen molar-refractivity contribution in [1.82, 2.24) is 0 Å². The number of ether oxygens (including phenoxy) is 14. The summed E-state index contributed by atoms with van der Waals surface area (Å²) in [5.41, 5.74) is -4.15. The molecule has 28 heteroatoms. The van der Waals surface area contributed by atoms with Gasteiger partial charge in [0.2, 0.25) is 0 Å². The smallest absolute Gasteiger partial charge is 0.330 e. The standard InChI is InChI=1S/C20H30O6.C17H20O8.C15H20O6.C13H20O8/c1-5-9-10-11-12-13-20(14-24-17(21)6-2,15-25-18(22)7-3)16-26-19(23)8-4;1-5-13(18)22-9-17(10-23-14(19)6-2,11-24-15(20)7-3)12-25-16(21)8-4;1-5-12(16)19-9-15(8-4,10-20-13(17)6-2)11-21-14(18)7-3;1-9(14)18-5-13(6-19-10(2)15,7-20-11(3)16)8-21-12(4)17/h6-8H,2-5,9-16H2,1H3;5-8H,1-4,9-12H2;5-7H,1-3,8-11H2,4H3;5-8H2,1-4H3. The van der Waals surface area contributed by atoms with Crippen LogP contribution in [0.3, 0.4) is 0 Å². The molecule has 0 aliphatic carbocycles. The zero-order valence-corrected chi connectivity index (χ0v) is 54.1. The third-order valence-electron chi connectivity index (χ3n) is 11.8. The first-order valence-corrected chi connectivity index (χ1v) is 28.3. The van der Waals surface area contributed by atoms with E-state index in [0.717, 1.165) is 92.9 Å². The van der Waals surface area contributed by atoms with Crippen LogP contribution >= 0.6 is 0 Å². The van der Waals surface area contributed by atoms with Crippen molar-refractivity contribution in [2.24, 2.45) is 21.7 Å². The minimum Gasteiger partial charge on any atom is -0.465 e. The maximum absolute atomic E-state index is 11.5. The van der Waals surface area contributed by atoms with Crippen molar-refractivity contribution < 1.29 is 133 Å². The summed E-state index contributed by atoms with van der Waals surface area (Å²) >= 11 is 0. The predicted molar refractivity (Wildman–Crippen MR) is 331 cm³/mol. The molecule has 0 saturated carbocycles. The summed E-state index contributed by atoms with van der Waals surface area (Å²) in [6.07, 6.45) is 16.1. The van der Waals surface area contributed by atoms with Crippen LogP contribution in [-0.4, -0.2) is 176 Å². The van der Waals surface area contributed by atoms with Gasteiger partial charge in [0.05, 0.1) is 10.8 Å². The Hall–Kier alpha value is -10.0. The second-order valence-corrected chi connectivity index (χ2v) is 19.8. The van der Waals surface area contributed by atoms with E-state index in [1.165, 1.54) is 27.7 Å². The van der Waals surface area contributed by atoms with Crippen molar-refractivity contribution in [3.05, 3.63) is 127 Å². The molecule has 0 spiro atoms. The van der Waals surface area contributed by atoms with Crippen molar-refractivity contribution in [2.75, 3.05) is 92.5 Å². The van der Waals surface area contributed by atoms with Crippen LogP contribution in [0.5, 0.6) is 0 Å². The van der Waals surface area contributed by atoms with Crippen molar-refractivity contribution in [3.63, 3.8) is 0 Å². The van der Waals surface area contributed by atoms with Crippen LogP contribution in [0.1, 0.15) is 86.5 Å². The minimum atomic E-state index is -1.34. The molecule has 0 fully saturated rings. The van der Waals surface area contributed by atoms with E-state index in [4.69, 9.17) is 66.3 Å². The number of unbranched alkanes of at least 4 members (excludes halogenated alkanes) is 4. The highest BCUT2D eigenvalue weighted by Crippen LogP contribution is 2.29. The van der Waals surface area contributed by atoms with Gasteiger partial charge >= 0.3 is 83.6 Å². The third kappa shape index (κ3) is 47.6. The number of carbonyl (C=O) groups is 14. The van der Waals surface area contributed by atoms with Gasteiger partial charge in [-0.25, -0.2) is 47.9 Å². The second-order valence-electron chi connectivity index (χ2n) is 19.8. The van der Waals surface area contributed by atoms with E-state index in [0.29, 0.717) is 12.8 Å². The van der Waals surface area contributed by atoms with Crippen LogP contribution in [0, 0.1) is 21.7 Å². The van der Waals surface area contributed by atoms with Gasteiger partial charge < -0.3 is 66.3 Å². The summed E-state index contributed by atoms with van der Waals surface area (Å²) in [5.74, 6) is -8.90. The summed E-state index contributed by atoms with van der Waals surface area (Å²) in [6, 6.07) is 0. The van der Waals surface area contributed by atoms with Gasteiger partial charge in [-0.3, -0.25) is 19.2 Å². The summed E-state index contributed by atoms with van der Waals surface area (Å²) in [4.78, 5) is 157. The number of carbonyl (C=O) groups excluding carboxylic acids is 14. The van der Waals surface area contributed by atoms with Crippen LogP contribution in [0.2, 0.25) is 0 Å². The Labute approximate surface area is 542 Å². The highest BCUT2D eigenvalue weighted by atomic mass is 16.6. The average molecular weight is 1320 g/mol. The molecule has 0 saturated heterocycles. The summed E-state index contributed by atoms with van der Waals surface area (Å²) in [6.45, 7) is 38.9. The zero-order valence-electron chi connectivity index (χ0n) is 54.1. The number of hydrogen-bond donors (Lipinski definition) is 0. The maximum Gasteiger partial charge on any atom is 0.330 e. The molecule has 0 radical (unpaired) electrons. The molecule has 0 aromatic carbocycles. The molecular formula is C65H90O28. The number of esters is 14. The van der Waals surface area contributed by atoms with Crippen molar-refractivity contribution in [1.29, 1.82) is 0 Å². The van der Waals surface area contributed by atoms with E-state index >= 15 is 0 Å². The van der Waals surface area contributed by atoms with Crippen LogP contribution in [0.15, 0.2) is 127 Å². The molecule has 0 heterocycles. The van der Waals surface area contributed by atoms with Crippen LogP contribution in [0.4, 0.5) is 0 Å². The largest absolute Gasteiger partial charge is 0.465 e. The SMILES string of the molecule is C=CC(=O)OCC(CC)(COC(=O)C=C)COC(=O)C=C.C=CC(=O)OCC(CCCCCCC)(COC(=O)C=C)COC(=O)C=C.C=CC(=O)OCC(COC(=O)C=C)(COC(=O)C=C)COC(=O)C=C.CC(=O)OCC(COC(C)=O)(COC(C)=O)COC(C)=O. The molecule has 0 bridgehead atoms. The van der Waals surface area contributed by atoms with Crippen LogP contribution in [-0.2, 0) is 133 Å². The first kappa shape index (κ1) is 89.4. The van der Waals surface area contributed by atoms with Crippen molar-refractivity contribution >= 4 is 83.6 Å². The van der Waals surface area contributed by atoms with Gasteiger partial charge in [0.15, 0.2) is 0 Å². The van der Waals surface area contributed by atoms with E-state index < -0.39 is 105 Å². The molecule has 0 aliphatic rings. The summed E-state index contributed by atoms with van der Waals surface area (Å²) in [5, 5.41) is 0. The Bertz CT molecular complexity index is 2270. The van der Waals surface area contributed by atoms with E-state index in [9.17, 15) is 67.1 Å². The molecule has 518 valence electrons. The van der Waals surface area contributed by atoms with Gasteiger partial charge in [0, 0.05) is 88.5 Å². The Morgan fingerprint density at radius 2 is 0.398 bits per heavy atom. The molecule has 93 heavy (non-hydrogen) atoms. The fourth-order valence-electron chi connectivity index (χ4n) is 6.23. The average Bonchev–Trinajstić information content (AvgIpc) is 1.98. The monoisotopic (exact) mass is 1320 g/mol. The van der Waals surface area contributed by atoms with Crippen LogP contribution < -0.4 is 0 Å².